The number of oxime groups is 1. The molecule has 2 N–H and O–H groups in total. The van der Waals surface area contributed by atoms with Crippen LogP contribution in [-0.2, 0) is 0 Å². The molecule has 3 rings (SSSR count). The molecule has 0 aliphatic rings. The Morgan fingerprint density at radius 2 is 1.67 bits per heavy atom. The van der Waals surface area contributed by atoms with Gasteiger partial charge in [-0.1, -0.05) is 53.7 Å². The Morgan fingerprint density at radius 3 is 2.44 bits per heavy atom. The minimum Gasteiger partial charge on any atom is -0.411 e. The van der Waals surface area contributed by atoms with Gasteiger partial charge < -0.3 is 10.2 Å². The zero-order chi connectivity index (χ0) is 12.4. The predicted octanol–water partition coefficient (Wildman–Crippen LogP) is 3.64. The van der Waals surface area contributed by atoms with Crippen LogP contribution in [0.25, 0.3) is 22.2 Å². The number of benzene rings is 2. The highest BCUT2D eigenvalue weighted by Crippen LogP contribution is 2.28. The molecule has 0 fully saturated rings. The van der Waals surface area contributed by atoms with Gasteiger partial charge in [-0.05, 0) is 11.6 Å². The average Bonchev–Trinajstić information content (AvgIpc) is 2.80. The van der Waals surface area contributed by atoms with Gasteiger partial charge in [0.25, 0.3) is 0 Å². The Balaban J connectivity index is 2.32. The number of hydrogen-bond donors (Lipinski definition) is 2. The number of rotatable bonds is 2. The molecular formula is C15H12N2O. The number of nitrogens with one attached hydrogen (secondary N) is 1. The summed E-state index contributed by atoms with van der Waals surface area (Å²) in [5.41, 5.74) is 3.98. The third kappa shape index (κ3) is 1.66. The van der Waals surface area contributed by atoms with Crippen LogP contribution in [0.5, 0.6) is 0 Å². The molecule has 3 nitrogen and oxygen atoms in total. The maximum absolute atomic E-state index is 8.82. The van der Waals surface area contributed by atoms with Crippen molar-refractivity contribution in [2.24, 2.45) is 5.16 Å². The molecule has 0 bridgehead atoms. The standard InChI is InChI=1S/C15H12N2O/c18-16-10-13-12-8-4-5-9-14(12)17-15(13)11-6-2-1-3-7-11/h1-10,17-18H/b16-10+. The minimum atomic E-state index is 0.902. The smallest absolute Gasteiger partial charge is 0.0761 e. The third-order valence-electron chi connectivity index (χ3n) is 3.00. The van der Waals surface area contributed by atoms with Crippen LogP contribution < -0.4 is 0 Å². The fraction of sp³-hybridized carbons (Fsp3) is 0. The summed E-state index contributed by atoms with van der Waals surface area (Å²) in [6.07, 6.45) is 1.47. The fourth-order valence-electron chi connectivity index (χ4n) is 2.19. The van der Waals surface area contributed by atoms with E-state index in [1.54, 1.807) is 0 Å². The number of nitrogens with zero attached hydrogens (tertiary/aromatic N) is 1. The first-order valence-electron chi connectivity index (χ1n) is 5.73. The predicted molar refractivity (Wildman–Crippen MR) is 73.1 cm³/mol. The Morgan fingerprint density at radius 1 is 0.944 bits per heavy atom. The first kappa shape index (κ1) is 10.6. The average molecular weight is 236 g/mol. The van der Waals surface area contributed by atoms with E-state index in [0.29, 0.717) is 0 Å². The molecule has 3 heteroatoms. The molecule has 1 aromatic heterocycles. The maximum Gasteiger partial charge on any atom is 0.0761 e. The van der Waals surface area contributed by atoms with Crippen molar-refractivity contribution in [3.8, 4) is 11.3 Å². The van der Waals surface area contributed by atoms with Crippen LogP contribution in [-0.4, -0.2) is 16.4 Å². The Labute approximate surface area is 104 Å². The van der Waals surface area contributed by atoms with E-state index in [0.717, 1.165) is 27.7 Å². The van der Waals surface area contributed by atoms with Gasteiger partial charge in [0, 0.05) is 16.5 Å². The number of H-pyrrole nitrogens is 1. The SMILES string of the molecule is O/N=C/c1c(-c2ccccc2)[nH]c2ccccc12. The normalized spacial score (nSPS) is 11.3. The molecule has 0 aliphatic carbocycles. The van der Waals surface area contributed by atoms with Crippen molar-refractivity contribution >= 4 is 17.1 Å². The van der Waals surface area contributed by atoms with Crippen LogP contribution in [0.2, 0.25) is 0 Å². The topological polar surface area (TPSA) is 48.4 Å². The van der Waals surface area contributed by atoms with E-state index in [-0.39, 0.29) is 0 Å². The van der Waals surface area contributed by atoms with Gasteiger partial charge in [-0.15, -0.1) is 0 Å². The number of aromatic nitrogens is 1. The molecule has 0 atom stereocenters. The Hall–Kier alpha value is -2.55. The van der Waals surface area contributed by atoms with Crippen LogP contribution in [0.1, 0.15) is 5.56 Å². The molecule has 0 amide bonds. The van der Waals surface area contributed by atoms with Crippen molar-refractivity contribution in [1.29, 1.82) is 0 Å². The quantitative estimate of drug-likeness (QED) is 0.398. The first-order chi connectivity index (χ1) is 8.90. The van der Waals surface area contributed by atoms with Gasteiger partial charge >= 0.3 is 0 Å². The largest absolute Gasteiger partial charge is 0.411 e. The Kier molecular flexibility index (Phi) is 2.57. The molecule has 0 saturated heterocycles. The monoisotopic (exact) mass is 236 g/mol. The molecule has 0 saturated carbocycles. The van der Waals surface area contributed by atoms with Crippen molar-refractivity contribution < 1.29 is 5.21 Å². The molecular weight excluding hydrogens is 224 g/mol. The molecule has 3 aromatic rings. The summed E-state index contributed by atoms with van der Waals surface area (Å²) < 4.78 is 0. The summed E-state index contributed by atoms with van der Waals surface area (Å²) in [6, 6.07) is 18.0. The molecule has 2 aromatic carbocycles. The third-order valence-corrected chi connectivity index (χ3v) is 3.00. The molecule has 18 heavy (non-hydrogen) atoms. The van der Waals surface area contributed by atoms with Crippen molar-refractivity contribution in [2.75, 3.05) is 0 Å². The van der Waals surface area contributed by atoms with E-state index in [1.165, 1.54) is 6.21 Å². The van der Waals surface area contributed by atoms with Crippen molar-refractivity contribution in [3.05, 3.63) is 60.2 Å². The van der Waals surface area contributed by atoms with Gasteiger partial charge in [-0.2, -0.15) is 0 Å². The molecule has 0 spiro atoms. The van der Waals surface area contributed by atoms with Crippen molar-refractivity contribution in [3.63, 3.8) is 0 Å². The van der Waals surface area contributed by atoms with Gasteiger partial charge in [0.15, 0.2) is 0 Å². The summed E-state index contributed by atoms with van der Waals surface area (Å²) in [4.78, 5) is 3.36. The summed E-state index contributed by atoms with van der Waals surface area (Å²) in [6.45, 7) is 0. The highest BCUT2D eigenvalue weighted by molar-refractivity contribution is 6.05. The second-order valence-corrected chi connectivity index (χ2v) is 4.07. The molecule has 0 aliphatic heterocycles. The second kappa shape index (κ2) is 4.37. The zero-order valence-electron chi connectivity index (χ0n) is 9.67. The maximum atomic E-state index is 8.82. The van der Waals surface area contributed by atoms with Gasteiger partial charge in [0.1, 0.15) is 0 Å². The van der Waals surface area contributed by atoms with E-state index in [9.17, 15) is 0 Å². The lowest BCUT2D eigenvalue weighted by Crippen LogP contribution is -1.85. The number of para-hydroxylation sites is 1. The van der Waals surface area contributed by atoms with Crippen molar-refractivity contribution in [1.82, 2.24) is 4.98 Å². The molecule has 1 heterocycles. The van der Waals surface area contributed by atoms with E-state index in [1.807, 2.05) is 54.6 Å². The molecule has 0 radical (unpaired) electrons. The lowest BCUT2D eigenvalue weighted by molar-refractivity contribution is 0.322. The van der Waals surface area contributed by atoms with E-state index in [4.69, 9.17) is 5.21 Å². The molecule has 0 unspecified atom stereocenters. The van der Waals surface area contributed by atoms with E-state index < -0.39 is 0 Å². The van der Waals surface area contributed by atoms with Crippen LogP contribution in [0.4, 0.5) is 0 Å². The number of hydrogen-bond acceptors (Lipinski definition) is 2. The minimum absolute atomic E-state index is 0.902. The number of fused-ring (bicyclic) bond motifs is 1. The van der Waals surface area contributed by atoms with Gasteiger partial charge in [0.2, 0.25) is 0 Å². The first-order valence-corrected chi connectivity index (χ1v) is 5.73. The zero-order valence-corrected chi connectivity index (χ0v) is 9.67. The molecule has 88 valence electrons. The lowest BCUT2D eigenvalue weighted by atomic mass is 10.1. The summed E-state index contributed by atoms with van der Waals surface area (Å²) >= 11 is 0. The fourth-order valence-corrected chi connectivity index (χ4v) is 2.19. The highest BCUT2D eigenvalue weighted by atomic mass is 16.4. The summed E-state index contributed by atoms with van der Waals surface area (Å²) in [5.74, 6) is 0. The van der Waals surface area contributed by atoms with Crippen LogP contribution in [0, 0.1) is 0 Å². The number of aromatic amines is 1. The summed E-state index contributed by atoms with van der Waals surface area (Å²) in [7, 11) is 0. The second-order valence-electron chi connectivity index (χ2n) is 4.07. The van der Waals surface area contributed by atoms with E-state index >= 15 is 0 Å². The van der Waals surface area contributed by atoms with E-state index in [2.05, 4.69) is 10.1 Å². The van der Waals surface area contributed by atoms with Crippen LogP contribution >= 0.6 is 0 Å². The van der Waals surface area contributed by atoms with Crippen LogP contribution in [0.3, 0.4) is 0 Å². The summed E-state index contributed by atoms with van der Waals surface area (Å²) in [5, 5.41) is 13.0. The Bertz CT molecular complexity index is 699. The van der Waals surface area contributed by atoms with Crippen molar-refractivity contribution in [2.45, 2.75) is 0 Å². The van der Waals surface area contributed by atoms with Crippen LogP contribution in [0.15, 0.2) is 59.8 Å². The van der Waals surface area contributed by atoms with Gasteiger partial charge in [-0.25, -0.2) is 0 Å². The van der Waals surface area contributed by atoms with Gasteiger partial charge in [-0.3, -0.25) is 0 Å². The highest BCUT2D eigenvalue weighted by Gasteiger charge is 2.10. The van der Waals surface area contributed by atoms with Gasteiger partial charge in [0.05, 0.1) is 11.9 Å². The lowest BCUT2D eigenvalue weighted by Gasteiger charge is -1.99.